The lowest BCUT2D eigenvalue weighted by Gasteiger charge is -2.22. The van der Waals surface area contributed by atoms with Crippen LogP contribution in [0, 0.1) is 0 Å². The van der Waals surface area contributed by atoms with Gasteiger partial charge < -0.3 is 5.32 Å². The molecule has 14 heavy (non-hydrogen) atoms. The van der Waals surface area contributed by atoms with Gasteiger partial charge in [-0.1, -0.05) is 6.92 Å². The molecular formula is C12H19NS. The van der Waals surface area contributed by atoms with Crippen LogP contribution in [0.3, 0.4) is 0 Å². The Morgan fingerprint density at radius 2 is 2.50 bits per heavy atom. The highest BCUT2D eigenvalue weighted by molar-refractivity contribution is 7.10. The van der Waals surface area contributed by atoms with Crippen LogP contribution >= 0.6 is 11.3 Å². The number of hydrogen-bond acceptors (Lipinski definition) is 2. The van der Waals surface area contributed by atoms with Gasteiger partial charge in [0.1, 0.15) is 0 Å². The zero-order chi connectivity index (χ0) is 9.80. The maximum Gasteiger partial charge on any atom is 0.00805 e. The van der Waals surface area contributed by atoms with Crippen LogP contribution in [0.1, 0.15) is 42.5 Å². The van der Waals surface area contributed by atoms with Crippen LogP contribution in [-0.2, 0) is 6.42 Å². The molecule has 2 heteroatoms. The molecule has 1 aliphatic carbocycles. The van der Waals surface area contributed by atoms with Gasteiger partial charge in [0.25, 0.3) is 0 Å². The number of fused-ring (bicyclic) bond motifs is 1. The molecule has 0 saturated carbocycles. The van der Waals surface area contributed by atoms with E-state index < -0.39 is 0 Å². The topological polar surface area (TPSA) is 12.0 Å². The second-order valence-corrected chi connectivity index (χ2v) is 5.09. The first-order valence-electron chi connectivity index (χ1n) is 5.68. The van der Waals surface area contributed by atoms with Gasteiger partial charge in [0.05, 0.1) is 0 Å². The Labute approximate surface area is 90.5 Å². The second-order valence-electron chi connectivity index (χ2n) is 4.09. The lowest BCUT2D eigenvalue weighted by atomic mass is 9.88. The van der Waals surface area contributed by atoms with E-state index in [4.69, 9.17) is 0 Å². The van der Waals surface area contributed by atoms with E-state index in [2.05, 4.69) is 23.7 Å². The van der Waals surface area contributed by atoms with Gasteiger partial charge in [0, 0.05) is 11.4 Å². The Bertz CT molecular complexity index is 280. The van der Waals surface area contributed by atoms with Crippen LogP contribution < -0.4 is 5.32 Å². The Morgan fingerprint density at radius 3 is 3.36 bits per heavy atom. The molecule has 2 rings (SSSR count). The van der Waals surface area contributed by atoms with Crippen LogP contribution in [-0.4, -0.2) is 13.1 Å². The van der Waals surface area contributed by atoms with Gasteiger partial charge >= 0.3 is 0 Å². The predicted octanol–water partition coefficient (Wildman–Crippen LogP) is 3.17. The summed E-state index contributed by atoms with van der Waals surface area (Å²) in [6.07, 6.45) is 5.31. The molecule has 1 atom stereocenters. The minimum Gasteiger partial charge on any atom is -0.316 e. The molecule has 0 fully saturated rings. The summed E-state index contributed by atoms with van der Waals surface area (Å²) in [5, 5.41) is 5.79. The molecule has 1 aromatic heterocycles. The van der Waals surface area contributed by atoms with E-state index >= 15 is 0 Å². The lowest BCUT2D eigenvalue weighted by molar-refractivity contribution is 0.511. The maximum absolute atomic E-state index is 3.54. The SMILES string of the molecule is CCCNCC1CCCc2sccc21. The van der Waals surface area contributed by atoms with E-state index in [1.54, 1.807) is 10.4 Å². The van der Waals surface area contributed by atoms with Crippen LogP contribution in [0.2, 0.25) is 0 Å². The van der Waals surface area contributed by atoms with E-state index in [9.17, 15) is 0 Å². The van der Waals surface area contributed by atoms with Crippen molar-refractivity contribution >= 4 is 11.3 Å². The summed E-state index contributed by atoms with van der Waals surface area (Å²) in [4.78, 5) is 1.64. The van der Waals surface area contributed by atoms with Crippen molar-refractivity contribution in [2.75, 3.05) is 13.1 Å². The standard InChI is InChI=1S/C12H19NS/c1-2-7-13-9-10-4-3-5-12-11(10)6-8-14-12/h6,8,10,13H,2-5,7,9H2,1H3. The summed E-state index contributed by atoms with van der Waals surface area (Å²) >= 11 is 1.94. The molecule has 0 bridgehead atoms. The fraction of sp³-hybridized carbons (Fsp3) is 0.667. The first-order chi connectivity index (χ1) is 6.92. The zero-order valence-corrected chi connectivity index (χ0v) is 9.70. The van der Waals surface area contributed by atoms with Gasteiger partial charge in [0.2, 0.25) is 0 Å². The normalized spacial score (nSPS) is 20.8. The number of rotatable bonds is 4. The smallest absolute Gasteiger partial charge is 0.00805 e. The average molecular weight is 209 g/mol. The van der Waals surface area contributed by atoms with Crippen molar-refractivity contribution in [2.24, 2.45) is 0 Å². The number of aryl methyl sites for hydroxylation is 1. The highest BCUT2D eigenvalue weighted by Gasteiger charge is 2.20. The summed E-state index contributed by atoms with van der Waals surface area (Å²) in [5.74, 6) is 0.788. The van der Waals surface area contributed by atoms with Crippen molar-refractivity contribution in [3.8, 4) is 0 Å². The van der Waals surface area contributed by atoms with Gasteiger partial charge in [-0.2, -0.15) is 0 Å². The molecule has 1 heterocycles. The van der Waals surface area contributed by atoms with E-state index in [1.807, 2.05) is 11.3 Å². The molecular weight excluding hydrogens is 190 g/mol. The minimum atomic E-state index is 0.788. The molecule has 1 nitrogen and oxygen atoms in total. The Balaban J connectivity index is 1.94. The van der Waals surface area contributed by atoms with Crippen molar-refractivity contribution < 1.29 is 0 Å². The maximum atomic E-state index is 3.54. The molecule has 0 aromatic carbocycles. The lowest BCUT2D eigenvalue weighted by Crippen LogP contribution is -2.24. The van der Waals surface area contributed by atoms with Gasteiger partial charge in [-0.15, -0.1) is 11.3 Å². The molecule has 1 unspecified atom stereocenters. The van der Waals surface area contributed by atoms with Gasteiger partial charge in [0.15, 0.2) is 0 Å². The van der Waals surface area contributed by atoms with Crippen LogP contribution in [0.25, 0.3) is 0 Å². The summed E-state index contributed by atoms with van der Waals surface area (Å²) in [6, 6.07) is 2.33. The second kappa shape index (κ2) is 4.94. The number of nitrogens with one attached hydrogen (secondary N) is 1. The third-order valence-corrected chi connectivity index (χ3v) is 3.99. The summed E-state index contributed by atoms with van der Waals surface area (Å²) in [7, 11) is 0. The Morgan fingerprint density at radius 1 is 1.57 bits per heavy atom. The third-order valence-electron chi connectivity index (χ3n) is 2.99. The molecule has 0 saturated heterocycles. The first-order valence-corrected chi connectivity index (χ1v) is 6.56. The van der Waals surface area contributed by atoms with Gasteiger partial charge in [-0.25, -0.2) is 0 Å². The highest BCUT2D eigenvalue weighted by Crippen LogP contribution is 2.34. The van der Waals surface area contributed by atoms with Crippen molar-refractivity contribution in [1.82, 2.24) is 5.32 Å². The predicted molar refractivity (Wildman–Crippen MR) is 63.2 cm³/mol. The zero-order valence-electron chi connectivity index (χ0n) is 8.88. The monoisotopic (exact) mass is 209 g/mol. The third kappa shape index (κ3) is 2.18. The van der Waals surface area contributed by atoms with E-state index in [0.29, 0.717) is 0 Å². The molecule has 0 amide bonds. The van der Waals surface area contributed by atoms with E-state index in [1.165, 1.54) is 32.2 Å². The fourth-order valence-electron chi connectivity index (χ4n) is 2.25. The number of thiophene rings is 1. The van der Waals surface area contributed by atoms with Crippen molar-refractivity contribution in [1.29, 1.82) is 0 Å². The fourth-order valence-corrected chi connectivity index (χ4v) is 3.26. The molecule has 0 radical (unpaired) electrons. The minimum absolute atomic E-state index is 0.788. The Kier molecular flexibility index (Phi) is 3.60. The molecule has 0 aliphatic heterocycles. The average Bonchev–Trinajstić information content (AvgIpc) is 2.67. The summed E-state index contributed by atoms with van der Waals surface area (Å²) in [6.45, 7) is 4.57. The molecule has 1 aliphatic rings. The van der Waals surface area contributed by atoms with E-state index in [-0.39, 0.29) is 0 Å². The van der Waals surface area contributed by atoms with Crippen LogP contribution in [0.4, 0.5) is 0 Å². The van der Waals surface area contributed by atoms with Gasteiger partial charge in [-0.3, -0.25) is 0 Å². The molecule has 1 N–H and O–H groups in total. The summed E-state index contributed by atoms with van der Waals surface area (Å²) < 4.78 is 0. The highest BCUT2D eigenvalue weighted by atomic mass is 32.1. The van der Waals surface area contributed by atoms with Crippen molar-refractivity contribution in [2.45, 2.75) is 38.5 Å². The number of hydrogen-bond donors (Lipinski definition) is 1. The van der Waals surface area contributed by atoms with E-state index in [0.717, 1.165) is 12.5 Å². The van der Waals surface area contributed by atoms with Crippen LogP contribution in [0.5, 0.6) is 0 Å². The first kappa shape index (κ1) is 10.2. The molecule has 78 valence electrons. The van der Waals surface area contributed by atoms with Gasteiger partial charge in [-0.05, 0) is 55.2 Å². The summed E-state index contributed by atoms with van der Waals surface area (Å²) in [5.41, 5.74) is 1.63. The molecule has 1 aromatic rings. The van der Waals surface area contributed by atoms with Crippen molar-refractivity contribution in [3.63, 3.8) is 0 Å². The molecule has 0 spiro atoms. The van der Waals surface area contributed by atoms with Crippen molar-refractivity contribution in [3.05, 3.63) is 21.9 Å². The Hall–Kier alpha value is -0.340. The van der Waals surface area contributed by atoms with Crippen LogP contribution in [0.15, 0.2) is 11.4 Å². The largest absolute Gasteiger partial charge is 0.316 e. The quantitative estimate of drug-likeness (QED) is 0.751.